The van der Waals surface area contributed by atoms with Crippen molar-refractivity contribution in [1.29, 1.82) is 0 Å². The molecule has 3 heteroatoms. The SMILES string of the molecule is C=C/C=C1/COC(CCC)N(C2CCN(CC/C(C=C)=C/C=C\C)CC2)/C1=C/C.CC.CC. The van der Waals surface area contributed by atoms with Gasteiger partial charge >= 0.3 is 0 Å². The highest BCUT2D eigenvalue weighted by atomic mass is 16.5. The molecule has 2 aliphatic heterocycles. The van der Waals surface area contributed by atoms with Crippen LogP contribution in [-0.4, -0.2) is 48.3 Å². The molecule has 0 aromatic carbocycles. The number of rotatable bonds is 9. The van der Waals surface area contributed by atoms with Gasteiger partial charge in [0, 0.05) is 36.9 Å². The van der Waals surface area contributed by atoms with Crippen LogP contribution in [0.3, 0.4) is 0 Å². The van der Waals surface area contributed by atoms with Crippen molar-refractivity contribution in [2.24, 2.45) is 0 Å². The van der Waals surface area contributed by atoms with E-state index in [0.29, 0.717) is 12.6 Å². The molecule has 1 unspecified atom stereocenters. The van der Waals surface area contributed by atoms with Gasteiger partial charge in [0.2, 0.25) is 0 Å². The van der Waals surface area contributed by atoms with Crippen LogP contribution in [0.1, 0.15) is 80.6 Å². The van der Waals surface area contributed by atoms with Gasteiger partial charge in [0.15, 0.2) is 0 Å². The minimum atomic E-state index is 0.195. The summed E-state index contributed by atoms with van der Waals surface area (Å²) in [6.45, 7) is 26.4. The Labute approximate surface area is 206 Å². The van der Waals surface area contributed by atoms with E-state index >= 15 is 0 Å². The highest BCUT2D eigenvalue weighted by Gasteiger charge is 2.35. The molecule has 0 bridgehead atoms. The number of hydrogen-bond donors (Lipinski definition) is 0. The molecule has 0 aliphatic carbocycles. The van der Waals surface area contributed by atoms with Gasteiger partial charge < -0.3 is 14.5 Å². The van der Waals surface area contributed by atoms with E-state index in [1.54, 1.807) is 0 Å². The summed E-state index contributed by atoms with van der Waals surface area (Å²) in [6, 6.07) is 0.542. The van der Waals surface area contributed by atoms with Crippen LogP contribution in [-0.2, 0) is 4.74 Å². The minimum Gasteiger partial charge on any atom is -0.354 e. The molecule has 0 spiro atoms. The molecule has 2 fully saturated rings. The molecule has 0 aromatic rings. The molecular formula is C30H52N2O. The van der Waals surface area contributed by atoms with Crippen LogP contribution >= 0.6 is 0 Å². The fraction of sp³-hybridized carbons (Fsp3) is 0.600. The van der Waals surface area contributed by atoms with E-state index in [9.17, 15) is 0 Å². The number of hydrogen-bond acceptors (Lipinski definition) is 3. The first-order valence-electron chi connectivity index (χ1n) is 13.2. The average Bonchev–Trinajstić information content (AvgIpc) is 2.88. The van der Waals surface area contributed by atoms with E-state index in [1.165, 1.54) is 29.7 Å². The average molecular weight is 457 g/mol. The van der Waals surface area contributed by atoms with Crippen molar-refractivity contribution in [3.63, 3.8) is 0 Å². The van der Waals surface area contributed by atoms with Crippen molar-refractivity contribution in [1.82, 2.24) is 9.80 Å². The molecule has 0 radical (unpaired) electrons. The summed E-state index contributed by atoms with van der Waals surface area (Å²) in [5, 5.41) is 0. The lowest BCUT2D eigenvalue weighted by atomic mass is 9.97. The second-order valence-corrected chi connectivity index (χ2v) is 7.86. The van der Waals surface area contributed by atoms with Gasteiger partial charge in [-0.3, -0.25) is 0 Å². The summed E-state index contributed by atoms with van der Waals surface area (Å²) in [6.07, 6.45) is 20.4. The lowest BCUT2D eigenvalue weighted by molar-refractivity contribution is -0.0840. The Kier molecular flexibility index (Phi) is 18.5. The summed E-state index contributed by atoms with van der Waals surface area (Å²) in [5.41, 5.74) is 3.91. The second-order valence-electron chi connectivity index (χ2n) is 7.86. The van der Waals surface area contributed by atoms with Crippen LogP contribution in [0.15, 0.2) is 72.5 Å². The topological polar surface area (TPSA) is 15.7 Å². The Morgan fingerprint density at radius 3 is 2.27 bits per heavy atom. The van der Waals surface area contributed by atoms with Crippen molar-refractivity contribution in [3.05, 3.63) is 72.5 Å². The van der Waals surface area contributed by atoms with Crippen LogP contribution in [0.5, 0.6) is 0 Å². The van der Waals surface area contributed by atoms with Crippen molar-refractivity contribution in [2.45, 2.75) is 92.8 Å². The lowest BCUT2D eigenvalue weighted by Gasteiger charge is -2.48. The first-order valence-corrected chi connectivity index (χ1v) is 13.2. The Bertz CT molecular complexity index is 648. The molecule has 0 amide bonds. The lowest BCUT2D eigenvalue weighted by Crippen LogP contribution is -2.52. The van der Waals surface area contributed by atoms with E-state index in [0.717, 1.165) is 38.9 Å². The van der Waals surface area contributed by atoms with E-state index in [-0.39, 0.29) is 6.23 Å². The first kappa shape index (κ1) is 31.2. The first-order chi connectivity index (χ1) is 16.2. The maximum Gasteiger partial charge on any atom is 0.130 e. The highest BCUT2D eigenvalue weighted by Crippen LogP contribution is 2.33. The zero-order chi connectivity index (χ0) is 25.1. The van der Waals surface area contributed by atoms with Crippen molar-refractivity contribution in [3.8, 4) is 0 Å². The second kappa shape index (κ2) is 19.6. The molecule has 2 saturated heterocycles. The molecule has 33 heavy (non-hydrogen) atoms. The summed E-state index contributed by atoms with van der Waals surface area (Å²) in [7, 11) is 0. The minimum absolute atomic E-state index is 0.195. The number of nitrogens with zero attached hydrogens (tertiary/aromatic N) is 2. The quantitative estimate of drug-likeness (QED) is 0.326. The summed E-state index contributed by atoms with van der Waals surface area (Å²) < 4.78 is 6.27. The van der Waals surface area contributed by atoms with E-state index in [4.69, 9.17) is 4.74 Å². The standard InChI is InChI=1S/C26H40N2O.2C2H6/c1-6-11-14-22(9-4)15-18-27-19-16-24(17-20-27)28-25(10-5)23(12-7-2)21-29-26(28)13-8-3;2*1-2/h6-7,9-12,14,24,26H,2,4,8,13,15-21H2,1,3,5H3;2*1-2H3/b11-6-,22-14+,23-12-,25-10+;;. The molecule has 3 nitrogen and oxygen atoms in total. The molecule has 0 aromatic heterocycles. The monoisotopic (exact) mass is 456 g/mol. The molecule has 2 heterocycles. The van der Waals surface area contributed by atoms with Gasteiger partial charge in [-0.05, 0) is 45.1 Å². The van der Waals surface area contributed by atoms with Gasteiger partial charge in [0.25, 0.3) is 0 Å². The normalized spacial score (nSPS) is 22.6. The van der Waals surface area contributed by atoms with Crippen molar-refractivity contribution >= 4 is 0 Å². The number of piperidine rings is 1. The van der Waals surface area contributed by atoms with Crippen LogP contribution in [0.4, 0.5) is 0 Å². The molecule has 2 aliphatic rings. The molecule has 188 valence electrons. The number of ether oxygens (including phenoxy) is 1. The Morgan fingerprint density at radius 1 is 1.09 bits per heavy atom. The van der Waals surface area contributed by atoms with Crippen LogP contribution in [0.2, 0.25) is 0 Å². The zero-order valence-corrected chi connectivity index (χ0v) is 22.8. The van der Waals surface area contributed by atoms with E-state index in [2.05, 4.69) is 67.2 Å². The molecule has 0 saturated carbocycles. The summed E-state index contributed by atoms with van der Waals surface area (Å²) >= 11 is 0. The third-order valence-corrected chi connectivity index (χ3v) is 5.91. The maximum absolute atomic E-state index is 6.27. The van der Waals surface area contributed by atoms with Gasteiger partial charge in [-0.1, -0.05) is 96.7 Å². The summed E-state index contributed by atoms with van der Waals surface area (Å²) in [4.78, 5) is 5.17. The third kappa shape index (κ3) is 10.3. The zero-order valence-electron chi connectivity index (χ0n) is 22.8. The van der Waals surface area contributed by atoms with Gasteiger partial charge in [-0.15, -0.1) is 0 Å². The highest BCUT2D eigenvalue weighted by molar-refractivity contribution is 5.35. The Hall–Kier alpha value is -1.84. The smallest absolute Gasteiger partial charge is 0.130 e. The van der Waals surface area contributed by atoms with Crippen LogP contribution < -0.4 is 0 Å². The van der Waals surface area contributed by atoms with Crippen molar-refractivity contribution in [2.75, 3.05) is 26.2 Å². The Balaban J connectivity index is 0.00000242. The van der Waals surface area contributed by atoms with Crippen molar-refractivity contribution < 1.29 is 4.74 Å². The molecule has 0 N–H and O–H groups in total. The maximum atomic E-state index is 6.27. The molecule has 2 rings (SSSR count). The molecule has 1 atom stereocenters. The largest absolute Gasteiger partial charge is 0.354 e. The predicted molar refractivity (Wildman–Crippen MR) is 148 cm³/mol. The van der Waals surface area contributed by atoms with Gasteiger partial charge in [-0.25, -0.2) is 0 Å². The number of likely N-dealkylation sites (tertiary alicyclic amines) is 1. The third-order valence-electron chi connectivity index (χ3n) is 5.91. The fourth-order valence-corrected chi connectivity index (χ4v) is 4.35. The van der Waals surface area contributed by atoms with E-state index < -0.39 is 0 Å². The van der Waals surface area contributed by atoms with Gasteiger partial charge in [0.05, 0.1) is 6.61 Å². The van der Waals surface area contributed by atoms with E-state index in [1.807, 2.05) is 46.8 Å². The molecular weight excluding hydrogens is 404 g/mol. The predicted octanol–water partition coefficient (Wildman–Crippen LogP) is 8.06. The van der Waals surface area contributed by atoms with Crippen LogP contribution in [0.25, 0.3) is 0 Å². The Morgan fingerprint density at radius 2 is 1.76 bits per heavy atom. The van der Waals surface area contributed by atoms with Crippen LogP contribution in [0, 0.1) is 0 Å². The van der Waals surface area contributed by atoms with Gasteiger partial charge in [-0.2, -0.15) is 0 Å². The van der Waals surface area contributed by atoms with Gasteiger partial charge in [0.1, 0.15) is 6.23 Å². The number of allylic oxidation sites excluding steroid dienone is 7. The summed E-state index contributed by atoms with van der Waals surface area (Å²) in [5.74, 6) is 0. The fourth-order valence-electron chi connectivity index (χ4n) is 4.35.